The maximum absolute atomic E-state index is 11.9. The van der Waals surface area contributed by atoms with Crippen molar-refractivity contribution < 1.29 is 9.53 Å². The van der Waals surface area contributed by atoms with E-state index in [4.69, 9.17) is 4.74 Å². The fraction of sp³-hybridized carbons (Fsp3) is 0.632. The Morgan fingerprint density at radius 2 is 2.04 bits per heavy atom. The third kappa shape index (κ3) is 7.54. The fourth-order valence-corrected chi connectivity index (χ4v) is 2.89. The van der Waals surface area contributed by atoms with Crippen LogP contribution in [0.3, 0.4) is 0 Å². The van der Waals surface area contributed by atoms with Crippen LogP contribution in [0.25, 0.3) is 0 Å². The van der Waals surface area contributed by atoms with Crippen LogP contribution in [0.2, 0.25) is 0 Å². The van der Waals surface area contributed by atoms with Crippen LogP contribution in [0.1, 0.15) is 44.6 Å². The number of aryl methyl sites for hydroxylation is 1. The second kappa shape index (κ2) is 10.6. The summed E-state index contributed by atoms with van der Waals surface area (Å²) < 4.78 is 5.70. The highest BCUT2D eigenvalue weighted by Crippen LogP contribution is 2.26. The maximum Gasteiger partial charge on any atom is 0.220 e. The third-order valence-corrected chi connectivity index (χ3v) is 4.58. The summed E-state index contributed by atoms with van der Waals surface area (Å²) in [4.78, 5) is 11.9. The van der Waals surface area contributed by atoms with Gasteiger partial charge in [-0.05, 0) is 68.8 Å². The van der Waals surface area contributed by atoms with Crippen molar-refractivity contribution in [3.8, 4) is 5.75 Å². The molecule has 0 bridgehead atoms. The van der Waals surface area contributed by atoms with E-state index in [-0.39, 0.29) is 23.7 Å². The number of rotatable bonds is 8. The van der Waals surface area contributed by atoms with Gasteiger partial charge in [0.25, 0.3) is 0 Å². The van der Waals surface area contributed by atoms with Crippen molar-refractivity contribution in [1.29, 1.82) is 0 Å². The summed E-state index contributed by atoms with van der Waals surface area (Å²) in [6, 6.07) is 8.06. The first-order valence-electron chi connectivity index (χ1n) is 8.74. The fourth-order valence-electron chi connectivity index (χ4n) is 2.89. The summed E-state index contributed by atoms with van der Waals surface area (Å²) in [5.41, 5.74) is 1.46. The summed E-state index contributed by atoms with van der Waals surface area (Å²) in [5.74, 6) is 1.08. The maximum atomic E-state index is 11.9. The van der Waals surface area contributed by atoms with Crippen LogP contribution in [0, 0.1) is 12.3 Å². The number of carbonyl (C=O) groups is 1. The van der Waals surface area contributed by atoms with Crippen molar-refractivity contribution in [3.63, 3.8) is 0 Å². The average molecular weight is 355 g/mol. The SMILES string of the molecule is Cc1cccc(OCCCCC(=O)NCC2(C)CCNCC2)c1.Cl. The first-order chi connectivity index (χ1) is 11.1. The Morgan fingerprint density at radius 1 is 1.29 bits per heavy atom. The first-order valence-corrected chi connectivity index (χ1v) is 8.74. The molecule has 0 aromatic heterocycles. The van der Waals surface area contributed by atoms with Gasteiger partial charge in [-0.3, -0.25) is 4.79 Å². The zero-order valence-electron chi connectivity index (χ0n) is 14.9. The molecule has 1 fully saturated rings. The van der Waals surface area contributed by atoms with E-state index >= 15 is 0 Å². The predicted octanol–water partition coefficient (Wildman–Crippen LogP) is 3.47. The summed E-state index contributed by atoms with van der Waals surface area (Å²) in [6.45, 7) is 7.91. The molecule has 1 heterocycles. The van der Waals surface area contributed by atoms with Crippen molar-refractivity contribution in [1.82, 2.24) is 10.6 Å². The van der Waals surface area contributed by atoms with Crippen LogP contribution in [-0.4, -0.2) is 32.1 Å². The minimum Gasteiger partial charge on any atom is -0.494 e. The number of hydrogen-bond acceptors (Lipinski definition) is 3. The van der Waals surface area contributed by atoms with E-state index in [1.807, 2.05) is 18.2 Å². The average Bonchev–Trinajstić information content (AvgIpc) is 2.53. The predicted molar refractivity (Wildman–Crippen MR) is 101 cm³/mol. The molecule has 24 heavy (non-hydrogen) atoms. The number of benzene rings is 1. The molecule has 1 aliphatic heterocycles. The Balaban J connectivity index is 0.00000288. The van der Waals surface area contributed by atoms with Crippen LogP contribution < -0.4 is 15.4 Å². The zero-order valence-corrected chi connectivity index (χ0v) is 15.7. The largest absolute Gasteiger partial charge is 0.494 e. The van der Waals surface area contributed by atoms with E-state index in [1.165, 1.54) is 5.56 Å². The highest BCUT2D eigenvalue weighted by molar-refractivity contribution is 5.85. The lowest BCUT2D eigenvalue weighted by Gasteiger charge is -2.34. The molecule has 0 unspecified atom stereocenters. The molecule has 1 aromatic carbocycles. The molecule has 1 saturated heterocycles. The lowest BCUT2D eigenvalue weighted by molar-refractivity contribution is -0.121. The minimum atomic E-state index is 0. The molecule has 2 N–H and O–H groups in total. The first kappa shape index (κ1) is 20.8. The molecule has 1 aliphatic rings. The molecular formula is C19H31ClN2O2. The van der Waals surface area contributed by atoms with Crippen LogP contribution in [0.4, 0.5) is 0 Å². The van der Waals surface area contributed by atoms with Crippen LogP contribution in [-0.2, 0) is 4.79 Å². The second-order valence-electron chi connectivity index (χ2n) is 6.96. The number of carbonyl (C=O) groups excluding carboxylic acids is 1. The van der Waals surface area contributed by atoms with Gasteiger partial charge < -0.3 is 15.4 Å². The molecule has 0 atom stereocenters. The molecule has 0 aliphatic carbocycles. The topological polar surface area (TPSA) is 50.4 Å². The molecular weight excluding hydrogens is 324 g/mol. The summed E-state index contributed by atoms with van der Waals surface area (Å²) in [6.07, 6.45) is 4.64. The molecule has 0 radical (unpaired) electrons. The van der Waals surface area contributed by atoms with Crippen molar-refractivity contribution in [3.05, 3.63) is 29.8 Å². The number of amides is 1. The standard InChI is InChI=1S/C19H30N2O2.ClH/c1-16-6-5-7-17(14-16)23-13-4-3-8-18(22)21-15-19(2)9-11-20-12-10-19;/h5-7,14,20H,3-4,8-13,15H2,1-2H3,(H,21,22);1H. The van der Waals surface area contributed by atoms with Crippen LogP contribution >= 0.6 is 12.4 Å². The molecule has 4 nitrogen and oxygen atoms in total. The van der Waals surface area contributed by atoms with Gasteiger partial charge in [0.15, 0.2) is 0 Å². The monoisotopic (exact) mass is 354 g/mol. The van der Waals surface area contributed by atoms with Crippen LogP contribution in [0.15, 0.2) is 24.3 Å². The Kier molecular flexibility index (Phi) is 9.16. The van der Waals surface area contributed by atoms with Gasteiger partial charge in [-0.15, -0.1) is 12.4 Å². The van der Waals surface area contributed by atoms with Gasteiger partial charge in [-0.2, -0.15) is 0 Å². The number of halogens is 1. The number of nitrogens with one attached hydrogen (secondary N) is 2. The molecule has 5 heteroatoms. The van der Waals surface area contributed by atoms with Crippen molar-refractivity contribution in [2.75, 3.05) is 26.2 Å². The quantitative estimate of drug-likeness (QED) is 0.703. The van der Waals surface area contributed by atoms with Crippen molar-refractivity contribution in [2.24, 2.45) is 5.41 Å². The second-order valence-corrected chi connectivity index (χ2v) is 6.96. The number of ether oxygens (including phenoxy) is 1. The van der Waals surface area contributed by atoms with Crippen LogP contribution in [0.5, 0.6) is 5.75 Å². The van der Waals surface area contributed by atoms with Gasteiger partial charge in [-0.1, -0.05) is 19.1 Å². The Morgan fingerprint density at radius 3 is 2.75 bits per heavy atom. The number of piperidine rings is 1. The minimum absolute atomic E-state index is 0. The summed E-state index contributed by atoms with van der Waals surface area (Å²) in [7, 11) is 0. The lowest BCUT2D eigenvalue weighted by Crippen LogP contribution is -2.42. The van der Waals surface area contributed by atoms with Gasteiger partial charge in [0.2, 0.25) is 5.91 Å². The lowest BCUT2D eigenvalue weighted by atomic mass is 9.81. The Bertz CT molecular complexity index is 502. The van der Waals surface area contributed by atoms with E-state index in [2.05, 4.69) is 30.5 Å². The zero-order chi connectivity index (χ0) is 16.5. The number of unbranched alkanes of at least 4 members (excludes halogenated alkanes) is 1. The highest BCUT2D eigenvalue weighted by Gasteiger charge is 2.26. The van der Waals surface area contributed by atoms with Gasteiger partial charge in [-0.25, -0.2) is 0 Å². The molecule has 1 aromatic rings. The van der Waals surface area contributed by atoms with Gasteiger partial charge in [0.1, 0.15) is 5.75 Å². The van der Waals surface area contributed by atoms with Crippen molar-refractivity contribution >= 4 is 18.3 Å². The van der Waals surface area contributed by atoms with Gasteiger partial charge in [0.05, 0.1) is 6.61 Å². The Hall–Kier alpha value is -1.26. The molecule has 2 rings (SSSR count). The highest BCUT2D eigenvalue weighted by atomic mass is 35.5. The normalized spacial score (nSPS) is 16.1. The molecule has 0 saturated carbocycles. The number of hydrogen-bond donors (Lipinski definition) is 2. The van der Waals surface area contributed by atoms with E-state index in [0.29, 0.717) is 13.0 Å². The molecule has 1 amide bonds. The van der Waals surface area contributed by atoms with E-state index in [9.17, 15) is 4.79 Å². The summed E-state index contributed by atoms with van der Waals surface area (Å²) >= 11 is 0. The molecule has 136 valence electrons. The smallest absolute Gasteiger partial charge is 0.220 e. The van der Waals surface area contributed by atoms with Gasteiger partial charge >= 0.3 is 0 Å². The molecule has 0 spiro atoms. The Labute approximate surface area is 152 Å². The van der Waals surface area contributed by atoms with E-state index in [1.54, 1.807) is 0 Å². The summed E-state index contributed by atoms with van der Waals surface area (Å²) in [5, 5.41) is 6.47. The van der Waals surface area contributed by atoms with E-state index in [0.717, 1.165) is 51.1 Å². The van der Waals surface area contributed by atoms with Crippen molar-refractivity contribution in [2.45, 2.75) is 46.0 Å². The third-order valence-electron chi connectivity index (χ3n) is 4.58. The van der Waals surface area contributed by atoms with Gasteiger partial charge in [0, 0.05) is 13.0 Å². The van der Waals surface area contributed by atoms with E-state index < -0.39 is 0 Å².